The lowest BCUT2D eigenvalue weighted by molar-refractivity contribution is 0.102. The van der Waals surface area contributed by atoms with Gasteiger partial charge < -0.3 is 5.32 Å². The summed E-state index contributed by atoms with van der Waals surface area (Å²) in [4.78, 5) is 16.9. The highest BCUT2D eigenvalue weighted by Crippen LogP contribution is 2.39. The molecule has 0 saturated carbocycles. The van der Waals surface area contributed by atoms with Gasteiger partial charge >= 0.3 is 0 Å². The average Bonchev–Trinajstić information content (AvgIpc) is 3.50. The van der Waals surface area contributed by atoms with Crippen LogP contribution in [0.15, 0.2) is 65.7 Å². The molecule has 1 unspecified atom stereocenters. The molecule has 33 heavy (non-hydrogen) atoms. The molecule has 1 atom stereocenters. The Labute approximate surface area is 193 Å². The molecule has 1 saturated heterocycles. The van der Waals surface area contributed by atoms with Gasteiger partial charge in [0, 0.05) is 18.1 Å². The zero-order valence-corrected chi connectivity index (χ0v) is 18.8. The number of benzene rings is 2. The van der Waals surface area contributed by atoms with Crippen LogP contribution in [0.2, 0.25) is 0 Å². The van der Waals surface area contributed by atoms with E-state index < -0.39 is 27.8 Å². The molecule has 0 spiro atoms. The second-order valence-electron chi connectivity index (χ2n) is 7.48. The summed E-state index contributed by atoms with van der Waals surface area (Å²) in [7, 11) is -3.87. The number of aromatic nitrogens is 3. The van der Waals surface area contributed by atoms with Crippen LogP contribution in [0.1, 0.15) is 33.7 Å². The van der Waals surface area contributed by atoms with Gasteiger partial charge in [0.05, 0.1) is 17.2 Å². The summed E-state index contributed by atoms with van der Waals surface area (Å²) >= 11 is 1.00. The zero-order chi connectivity index (χ0) is 23.0. The summed E-state index contributed by atoms with van der Waals surface area (Å²) in [6.07, 6.45) is 2.77. The van der Waals surface area contributed by atoms with E-state index in [-0.39, 0.29) is 15.6 Å². The lowest BCUT2D eigenvalue weighted by Gasteiger charge is -2.22. The van der Waals surface area contributed by atoms with Crippen molar-refractivity contribution >= 4 is 43.9 Å². The molecule has 1 fully saturated rings. The SMILES string of the molecule is O=C(Nc1ccccc1F)c1nnc(C2CCCN2S(=O)(=O)c2cccc3cccnc23)s1. The fourth-order valence-electron chi connectivity index (χ4n) is 3.88. The van der Waals surface area contributed by atoms with E-state index in [1.807, 2.05) is 12.1 Å². The number of anilines is 1. The Kier molecular flexibility index (Phi) is 5.60. The highest BCUT2D eigenvalue weighted by Gasteiger charge is 2.39. The Hall–Kier alpha value is -3.28. The molecule has 0 aliphatic carbocycles. The molecule has 8 nitrogen and oxygen atoms in total. The van der Waals surface area contributed by atoms with E-state index in [0.29, 0.717) is 29.9 Å². The van der Waals surface area contributed by atoms with Gasteiger partial charge in [0.15, 0.2) is 0 Å². The molecule has 1 aliphatic heterocycles. The number of carbonyl (C=O) groups is 1. The number of sulfonamides is 1. The van der Waals surface area contributed by atoms with Gasteiger partial charge in [0.2, 0.25) is 15.0 Å². The number of halogens is 1. The Morgan fingerprint density at radius 3 is 2.76 bits per heavy atom. The number of nitrogens with zero attached hydrogens (tertiary/aromatic N) is 4. The summed E-state index contributed by atoms with van der Waals surface area (Å²) in [5.74, 6) is -1.16. The van der Waals surface area contributed by atoms with Crippen LogP contribution in [-0.4, -0.2) is 40.4 Å². The largest absolute Gasteiger partial charge is 0.317 e. The molecule has 3 heterocycles. The lowest BCUT2D eigenvalue weighted by Crippen LogP contribution is -2.31. The van der Waals surface area contributed by atoms with E-state index in [2.05, 4.69) is 20.5 Å². The van der Waals surface area contributed by atoms with Gasteiger partial charge in [-0.3, -0.25) is 9.78 Å². The fraction of sp³-hybridized carbons (Fsp3) is 0.182. The monoisotopic (exact) mass is 483 g/mol. The van der Waals surface area contributed by atoms with Gasteiger partial charge in [0.1, 0.15) is 15.7 Å². The maximum absolute atomic E-state index is 13.8. The highest BCUT2D eigenvalue weighted by molar-refractivity contribution is 7.89. The first-order valence-corrected chi connectivity index (χ1v) is 12.5. The lowest BCUT2D eigenvalue weighted by atomic mass is 10.2. The Morgan fingerprint density at radius 2 is 1.91 bits per heavy atom. The minimum absolute atomic E-state index is 0.0318. The average molecular weight is 484 g/mol. The standard InChI is InChI=1S/C22H18FN5O3S2/c23-15-8-1-2-9-16(15)25-20(29)22-27-26-21(32-22)17-10-5-13-28(17)33(30,31)18-11-3-6-14-7-4-12-24-19(14)18/h1-4,6-9,11-12,17H,5,10,13H2,(H,25,29). The van der Waals surface area contributed by atoms with Gasteiger partial charge in [-0.15, -0.1) is 10.2 Å². The van der Waals surface area contributed by atoms with Crippen LogP contribution in [0.4, 0.5) is 10.1 Å². The van der Waals surface area contributed by atoms with Crippen molar-refractivity contribution in [3.05, 3.63) is 76.6 Å². The van der Waals surface area contributed by atoms with Gasteiger partial charge in [-0.05, 0) is 37.1 Å². The predicted octanol–water partition coefficient (Wildman–Crippen LogP) is 4.00. The van der Waals surface area contributed by atoms with Crippen LogP contribution in [0.5, 0.6) is 0 Å². The minimum atomic E-state index is -3.87. The molecule has 5 rings (SSSR count). The van der Waals surface area contributed by atoms with E-state index in [1.54, 1.807) is 30.5 Å². The third kappa shape index (κ3) is 3.99. The fourth-order valence-corrected chi connectivity index (χ4v) is 6.67. The van der Waals surface area contributed by atoms with E-state index in [1.165, 1.54) is 22.5 Å². The Bertz CT molecular complexity index is 1450. The molecule has 1 amide bonds. The van der Waals surface area contributed by atoms with Crippen molar-refractivity contribution in [3.63, 3.8) is 0 Å². The number of hydrogen-bond donors (Lipinski definition) is 1. The van der Waals surface area contributed by atoms with Crippen molar-refractivity contribution < 1.29 is 17.6 Å². The summed E-state index contributed by atoms with van der Waals surface area (Å²) in [6.45, 7) is 0.326. The minimum Gasteiger partial charge on any atom is -0.317 e. The van der Waals surface area contributed by atoms with Crippen molar-refractivity contribution in [2.24, 2.45) is 0 Å². The Morgan fingerprint density at radius 1 is 1.09 bits per heavy atom. The molecule has 168 valence electrons. The number of para-hydroxylation sites is 2. The highest BCUT2D eigenvalue weighted by atomic mass is 32.2. The summed E-state index contributed by atoms with van der Waals surface area (Å²) in [5, 5.41) is 11.7. The zero-order valence-electron chi connectivity index (χ0n) is 17.2. The van der Waals surface area contributed by atoms with Crippen molar-refractivity contribution in [1.82, 2.24) is 19.5 Å². The Balaban J connectivity index is 1.43. The van der Waals surface area contributed by atoms with Crippen molar-refractivity contribution in [3.8, 4) is 0 Å². The van der Waals surface area contributed by atoms with Crippen LogP contribution < -0.4 is 5.32 Å². The normalized spacial score (nSPS) is 16.8. The number of carbonyl (C=O) groups excluding carboxylic acids is 1. The molecule has 0 radical (unpaired) electrons. The van der Waals surface area contributed by atoms with Crippen molar-refractivity contribution in [2.75, 3.05) is 11.9 Å². The maximum atomic E-state index is 13.8. The first-order chi connectivity index (χ1) is 15.9. The molecule has 2 aromatic heterocycles. The number of nitrogens with one attached hydrogen (secondary N) is 1. The van der Waals surface area contributed by atoms with E-state index in [4.69, 9.17) is 0 Å². The third-order valence-electron chi connectivity index (χ3n) is 5.43. The molecular weight excluding hydrogens is 465 g/mol. The molecular formula is C22H18FN5O3S2. The first kappa shape index (κ1) is 21.6. The number of hydrogen-bond acceptors (Lipinski definition) is 7. The maximum Gasteiger partial charge on any atom is 0.286 e. The second kappa shape index (κ2) is 8.58. The molecule has 2 aromatic carbocycles. The third-order valence-corrected chi connectivity index (χ3v) is 8.39. The smallest absolute Gasteiger partial charge is 0.286 e. The topological polar surface area (TPSA) is 105 Å². The number of amides is 1. The molecule has 11 heteroatoms. The van der Waals surface area contributed by atoms with Gasteiger partial charge in [-0.1, -0.05) is 41.7 Å². The number of fused-ring (bicyclic) bond motifs is 1. The van der Waals surface area contributed by atoms with Crippen LogP contribution >= 0.6 is 11.3 Å². The summed E-state index contributed by atoms with van der Waals surface area (Å²) in [5.41, 5.74) is 0.445. The summed E-state index contributed by atoms with van der Waals surface area (Å²) < 4.78 is 42.4. The van der Waals surface area contributed by atoms with Gasteiger partial charge in [-0.25, -0.2) is 12.8 Å². The van der Waals surface area contributed by atoms with Crippen molar-refractivity contribution in [1.29, 1.82) is 0 Å². The van der Waals surface area contributed by atoms with E-state index in [0.717, 1.165) is 16.7 Å². The van der Waals surface area contributed by atoms with E-state index in [9.17, 15) is 17.6 Å². The molecule has 1 N–H and O–H groups in total. The summed E-state index contributed by atoms with van der Waals surface area (Å²) in [6, 6.07) is 13.9. The molecule has 0 bridgehead atoms. The number of rotatable bonds is 5. The first-order valence-electron chi connectivity index (χ1n) is 10.2. The quantitative estimate of drug-likeness (QED) is 0.460. The van der Waals surface area contributed by atoms with Crippen molar-refractivity contribution in [2.45, 2.75) is 23.8 Å². The molecule has 4 aromatic rings. The second-order valence-corrected chi connectivity index (χ2v) is 10.4. The van der Waals surface area contributed by atoms with Crippen LogP contribution in [-0.2, 0) is 10.0 Å². The van der Waals surface area contributed by atoms with Gasteiger partial charge in [-0.2, -0.15) is 4.31 Å². The molecule has 1 aliphatic rings. The number of pyridine rings is 1. The van der Waals surface area contributed by atoms with Crippen LogP contribution in [0, 0.1) is 5.82 Å². The van der Waals surface area contributed by atoms with E-state index >= 15 is 0 Å². The predicted molar refractivity (Wildman–Crippen MR) is 122 cm³/mol. The van der Waals surface area contributed by atoms with Crippen LogP contribution in [0.25, 0.3) is 10.9 Å². The van der Waals surface area contributed by atoms with Gasteiger partial charge in [0.25, 0.3) is 5.91 Å². The van der Waals surface area contributed by atoms with Crippen LogP contribution in [0.3, 0.4) is 0 Å².